The summed E-state index contributed by atoms with van der Waals surface area (Å²) >= 11 is 2.93. The lowest BCUT2D eigenvalue weighted by Crippen LogP contribution is -2.17. The van der Waals surface area contributed by atoms with Crippen LogP contribution in [0.1, 0.15) is 42.0 Å². The summed E-state index contributed by atoms with van der Waals surface area (Å²) < 4.78 is 6.51. The molecule has 174 valence electrons. The molecule has 1 aromatic carbocycles. The maximum atomic E-state index is 9.86. The van der Waals surface area contributed by atoms with Crippen LogP contribution in [-0.4, -0.2) is 36.8 Å². The number of thiazole rings is 1. The smallest absolute Gasteiger partial charge is 0.188 e. The van der Waals surface area contributed by atoms with Gasteiger partial charge in [0, 0.05) is 33.1 Å². The SMILES string of the molecule is OCC(O)c1csc(Nc2ncc(Sc3ccccc3)cc2OC2CCCc3ncncc32)n1. The van der Waals surface area contributed by atoms with Crippen molar-refractivity contribution in [2.75, 3.05) is 11.9 Å². The van der Waals surface area contributed by atoms with Crippen molar-refractivity contribution in [3.8, 4) is 5.75 Å². The van der Waals surface area contributed by atoms with E-state index in [4.69, 9.17) is 4.74 Å². The minimum atomic E-state index is -1.01. The number of rotatable bonds is 8. The second-order valence-corrected chi connectivity index (χ2v) is 9.76. The Morgan fingerprint density at radius 2 is 2.06 bits per heavy atom. The van der Waals surface area contributed by atoms with Crippen molar-refractivity contribution in [1.29, 1.82) is 0 Å². The quantitative estimate of drug-likeness (QED) is 0.321. The van der Waals surface area contributed by atoms with Crippen LogP contribution in [0.4, 0.5) is 10.9 Å². The van der Waals surface area contributed by atoms with Gasteiger partial charge in [0.15, 0.2) is 16.7 Å². The first-order chi connectivity index (χ1) is 16.7. The van der Waals surface area contributed by atoms with Crippen LogP contribution in [0.5, 0.6) is 5.75 Å². The normalized spacial score (nSPS) is 16.0. The third-order valence-electron chi connectivity index (χ3n) is 5.39. The van der Waals surface area contributed by atoms with Gasteiger partial charge in [0.2, 0.25) is 0 Å². The van der Waals surface area contributed by atoms with Gasteiger partial charge < -0.3 is 20.3 Å². The number of hydrogen-bond acceptors (Lipinski definition) is 10. The number of hydrogen-bond donors (Lipinski definition) is 3. The first-order valence-electron chi connectivity index (χ1n) is 10.9. The first kappa shape index (κ1) is 22.7. The molecule has 2 unspecified atom stereocenters. The molecule has 0 fully saturated rings. The lowest BCUT2D eigenvalue weighted by molar-refractivity contribution is 0.0928. The van der Waals surface area contributed by atoms with Crippen LogP contribution in [0.2, 0.25) is 0 Å². The molecular weight excluding hydrogens is 470 g/mol. The molecule has 8 nitrogen and oxygen atoms in total. The summed E-state index contributed by atoms with van der Waals surface area (Å²) in [5, 5.41) is 24.5. The number of benzene rings is 1. The molecule has 5 rings (SSSR count). The Hall–Kier alpha value is -3.05. The highest BCUT2D eigenvalue weighted by Crippen LogP contribution is 2.39. The summed E-state index contributed by atoms with van der Waals surface area (Å²) in [5.41, 5.74) is 2.43. The van der Waals surface area contributed by atoms with Crippen LogP contribution in [0.25, 0.3) is 0 Å². The van der Waals surface area contributed by atoms with Crippen LogP contribution in [0, 0.1) is 0 Å². The zero-order valence-electron chi connectivity index (χ0n) is 18.2. The third kappa shape index (κ3) is 5.20. The minimum absolute atomic E-state index is 0.174. The molecule has 0 saturated carbocycles. The van der Waals surface area contributed by atoms with E-state index in [1.165, 1.54) is 11.3 Å². The second-order valence-electron chi connectivity index (χ2n) is 7.76. The fraction of sp³-hybridized carbons (Fsp3) is 0.250. The van der Waals surface area contributed by atoms with Crippen LogP contribution in [-0.2, 0) is 6.42 Å². The average molecular weight is 494 g/mol. The summed E-state index contributed by atoms with van der Waals surface area (Å²) in [6.45, 7) is -0.385. The van der Waals surface area contributed by atoms with E-state index in [9.17, 15) is 10.2 Å². The Morgan fingerprint density at radius 3 is 2.91 bits per heavy atom. The van der Waals surface area contributed by atoms with E-state index in [1.807, 2.05) is 30.5 Å². The molecule has 0 amide bonds. The Morgan fingerprint density at radius 1 is 1.18 bits per heavy atom. The molecule has 34 heavy (non-hydrogen) atoms. The molecule has 0 saturated heterocycles. The molecule has 3 aromatic heterocycles. The van der Waals surface area contributed by atoms with Gasteiger partial charge >= 0.3 is 0 Å². The Kier molecular flexibility index (Phi) is 7.00. The van der Waals surface area contributed by atoms with Crippen molar-refractivity contribution in [1.82, 2.24) is 19.9 Å². The predicted octanol–water partition coefficient (Wildman–Crippen LogP) is 4.71. The highest BCUT2D eigenvalue weighted by Gasteiger charge is 2.25. The van der Waals surface area contributed by atoms with Crippen LogP contribution >= 0.6 is 23.1 Å². The molecule has 1 aliphatic carbocycles. The van der Waals surface area contributed by atoms with Crippen molar-refractivity contribution in [3.63, 3.8) is 0 Å². The standard InChI is InChI=1S/C24H23N5O3S2/c30-12-20(31)19-13-33-24(28-19)29-23-22(9-16(10-26-23)34-15-5-2-1-3-6-15)32-21-8-4-7-18-17(21)11-25-14-27-18/h1-3,5-6,9-11,13-14,20-21,30-31H,4,7-8,12H2,(H,26,28,29). The summed E-state index contributed by atoms with van der Waals surface area (Å²) in [5.74, 6) is 1.13. The fourth-order valence-corrected chi connectivity index (χ4v) is 5.30. The molecular formula is C24H23N5O3S2. The lowest BCUT2D eigenvalue weighted by Gasteiger charge is -2.26. The zero-order valence-corrected chi connectivity index (χ0v) is 19.8. The van der Waals surface area contributed by atoms with Gasteiger partial charge in [-0.2, -0.15) is 0 Å². The van der Waals surface area contributed by atoms with E-state index in [2.05, 4.69) is 37.4 Å². The van der Waals surface area contributed by atoms with Crippen LogP contribution in [0.3, 0.4) is 0 Å². The number of nitrogens with one attached hydrogen (secondary N) is 1. The number of aryl methyl sites for hydroxylation is 1. The monoisotopic (exact) mass is 493 g/mol. The molecule has 0 radical (unpaired) electrons. The highest BCUT2D eigenvalue weighted by atomic mass is 32.2. The van der Waals surface area contributed by atoms with Crippen molar-refractivity contribution in [2.24, 2.45) is 0 Å². The van der Waals surface area contributed by atoms with Gasteiger partial charge in [0.1, 0.15) is 18.5 Å². The largest absolute Gasteiger partial charge is 0.482 e. The third-order valence-corrected chi connectivity index (χ3v) is 7.13. The van der Waals surface area contributed by atoms with Gasteiger partial charge in [0.05, 0.1) is 18.0 Å². The lowest BCUT2D eigenvalue weighted by atomic mass is 9.94. The molecule has 0 bridgehead atoms. The van der Waals surface area contributed by atoms with Crippen LogP contribution in [0.15, 0.2) is 70.3 Å². The molecule has 4 aromatic rings. The van der Waals surface area contributed by atoms with Crippen LogP contribution < -0.4 is 10.1 Å². The molecule has 2 atom stereocenters. The zero-order chi connectivity index (χ0) is 23.3. The number of aromatic nitrogens is 4. The number of pyridine rings is 1. The molecule has 0 aliphatic heterocycles. The molecule has 1 aliphatic rings. The summed E-state index contributed by atoms with van der Waals surface area (Å²) in [7, 11) is 0. The van der Waals surface area contributed by atoms with Gasteiger partial charge in [-0.3, -0.25) is 0 Å². The molecule has 0 spiro atoms. The predicted molar refractivity (Wildman–Crippen MR) is 131 cm³/mol. The van der Waals surface area contributed by atoms with E-state index >= 15 is 0 Å². The number of nitrogens with zero attached hydrogens (tertiary/aromatic N) is 4. The van der Waals surface area contributed by atoms with Gasteiger partial charge in [-0.1, -0.05) is 30.0 Å². The van der Waals surface area contributed by atoms with Crippen molar-refractivity contribution in [2.45, 2.75) is 41.3 Å². The maximum Gasteiger partial charge on any atom is 0.188 e. The minimum Gasteiger partial charge on any atom is -0.482 e. The number of aliphatic hydroxyl groups excluding tert-OH is 2. The average Bonchev–Trinajstić information content (AvgIpc) is 3.34. The molecule has 3 heterocycles. The second kappa shape index (κ2) is 10.5. The summed E-state index contributed by atoms with van der Waals surface area (Å²) in [6, 6.07) is 12.1. The number of anilines is 2. The fourth-order valence-electron chi connectivity index (χ4n) is 3.71. The molecule has 10 heteroatoms. The van der Waals surface area contributed by atoms with Gasteiger partial charge in [-0.15, -0.1) is 11.3 Å². The molecule has 3 N–H and O–H groups in total. The van der Waals surface area contributed by atoms with Gasteiger partial charge in [-0.05, 0) is 37.5 Å². The number of aliphatic hydroxyl groups is 2. The van der Waals surface area contributed by atoms with Gasteiger partial charge in [0.25, 0.3) is 0 Å². The van der Waals surface area contributed by atoms with Crippen molar-refractivity contribution in [3.05, 3.63) is 77.5 Å². The maximum absolute atomic E-state index is 9.86. The van der Waals surface area contributed by atoms with E-state index in [0.29, 0.717) is 22.4 Å². The van der Waals surface area contributed by atoms with Crippen molar-refractivity contribution >= 4 is 34.0 Å². The first-order valence-corrected chi connectivity index (χ1v) is 12.6. The topological polar surface area (TPSA) is 113 Å². The van der Waals surface area contributed by atoms with Gasteiger partial charge in [-0.25, -0.2) is 19.9 Å². The van der Waals surface area contributed by atoms with E-state index in [-0.39, 0.29) is 12.7 Å². The Balaban J connectivity index is 1.45. The number of ether oxygens (including phenoxy) is 1. The Labute approximate surface area is 205 Å². The van der Waals surface area contributed by atoms with E-state index in [1.54, 1.807) is 29.7 Å². The Bertz CT molecular complexity index is 1250. The van der Waals surface area contributed by atoms with E-state index < -0.39 is 6.10 Å². The summed E-state index contributed by atoms with van der Waals surface area (Å²) in [6.07, 6.45) is 6.78. The summed E-state index contributed by atoms with van der Waals surface area (Å²) in [4.78, 5) is 19.7. The number of fused-ring (bicyclic) bond motifs is 1. The highest BCUT2D eigenvalue weighted by molar-refractivity contribution is 7.99. The van der Waals surface area contributed by atoms with E-state index in [0.717, 1.165) is 40.3 Å². The van der Waals surface area contributed by atoms with Crippen molar-refractivity contribution < 1.29 is 14.9 Å².